The van der Waals surface area contributed by atoms with Crippen LogP contribution in [0.1, 0.15) is 46.4 Å². The summed E-state index contributed by atoms with van der Waals surface area (Å²) in [6.45, 7) is 8.22. The number of methoxy groups -OCH3 is 2. The Hall–Kier alpha value is -4.85. The Morgan fingerprint density at radius 3 is 2.48 bits per heavy atom. The van der Waals surface area contributed by atoms with Gasteiger partial charge in [-0.15, -0.1) is 11.3 Å². The van der Waals surface area contributed by atoms with Crippen molar-refractivity contribution in [1.82, 2.24) is 0 Å². The van der Waals surface area contributed by atoms with E-state index in [0.717, 1.165) is 38.4 Å². The lowest BCUT2D eigenvalue weighted by Crippen LogP contribution is -2.32. The third kappa shape index (κ3) is 6.11. The second-order valence-corrected chi connectivity index (χ2v) is 12.4. The lowest BCUT2D eigenvalue weighted by atomic mass is 9.85. The first kappa shape index (κ1) is 30.6. The number of aryl methyl sites for hydroxylation is 1. The number of carbonyl (C=O) groups excluding carboxylic acids is 3. The molecule has 0 radical (unpaired) electrons. The Bertz CT molecular complexity index is 1790. The van der Waals surface area contributed by atoms with Crippen molar-refractivity contribution >= 4 is 40.5 Å². The fourth-order valence-electron chi connectivity index (χ4n) is 5.57. The molecule has 9 heteroatoms. The first-order valence-corrected chi connectivity index (χ1v) is 14.8. The average Bonchev–Trinajstić information content (AvgIpc) is 3.44. The molecule has 0 saturated carbocycles. The van der Waals surface area contributed by atoms with Gasteiger partial charge in [-0.05, 0) is 75.2 Å². The predicted molar refractivity (Wildman–Crippen MR) is 171 cm³/mol. The molecule has 2 aliphatic rings. The number of anilines is 1. The van der Waals surface area contributed by atoms with E-state index in [1.807, 2.05) is 32.0 Å². The summed E-state index contributed by atoms with van der Waals surface area (Å²) in [5.41, 5.74) is 5.10. The first-order chi connectivity index (χ1) is 21.0. The van der Waals surface area contributed by atoms with Crippen molar-refractivity contribution in [3.63, 3.8) is 0 Å². The van der Waals surface area contributed by atoms with Crippen molar-refractivity contribution in [3.8, 4) is 22.6 Å². The molecule has 2 aromatic carbocycles. The van der Waals surface area contributed by atoms with Crippen molar-refractivity contribution in [2.75, 3.05) is 19.5 Å². The van der Waals surface area contributed by atoms with Gasteiger partial charge >= 0.3 is 11.9 Å². The number of thiophene rings is 1. The molecule has 226 valence electrons. The number of hydrogen-bond donors (Lipinski definition) is 1. The van der Waals surface area contributed by atoms with Gasteiger partial charge in [0.15, 0.2) is 0 Å². The highest BCUT2D eigenvalue weighted by Gasteiger charge is 2.30. The zero-order chi connectivity index (χ0) is 31.6. The molecule has 5 rings (SSSR count). The van der Waals surface area contributed by atoms with Gasteiger partial charge in [0, 0.05) is 33.3 Å². The number of allylic oxidation sites excluding steroid dienone is 4. The van der Waals surface area contributed by atoms with Gasteiger partial charge < -0.3 is 24.3 Å². The summed E-state index contributed by atoms with van der Waals surface area (Å²) in [4.78, 5) is 39.2. The fraction of sp³-hybridized carbons (Fsp3) is 0.257. The van der Waals surface area contributed by atoms with Gasteiger partial charge in [0.1, 0.15) is 40.6 Å². The van der Waals surface area contributed by atoms with E-state index in [0.29, 0.717) is 10.6 Å². The second kappa shape index (κ2) is 12.4. The Balaban J connectivity index is 1.50. The van der Waals surface area contributed by atoms with Crippen LogP contribution in [0, 0.1) is 12.8 Å². The van der Waals surface area contributed by atoms with Gasteiger partial charge in [-0.1, -0.05) is 24.3 Å². The van der Waals surface area contributed by atoms with E-state index in [4.69, 9.17) is 18.9 Å². The highest BCUT2D eigenvalue weighted by Crippen LogP contribution is 2.43. The zero-order valence-electron chi connectivity index (χ0n) is 25.4. The molecule has 1 atom stereocenters. The highest BCUT2D eigenvalue weighted by atomic mass is 32.1. The summed E-state index contributed by atoms with van der Waals surface area (Å²) in [6, 6.07) is 12.7. The molecular formula is C35H33NO7S. The van der Waals surface area contributed by atoms with Crippen molar-refractivity contribution in [2.45, 2.75) is 39.8 Å². The molecule has 1 unspecified atom stereocenters. The summed E-state index contributed by atoms with van der Waals surface area (Å²) in [5, 5.41) is 3.56. The Morgan fingerprint density at radius 2 is 1.80 bits per heavy atom. The topological polar surface area (TPSA) is 100 Å². The lowest BCUT2D eigenvalue weighted by molar-refractivity contribution is -0.136. The number of fused-ring (bicyclic) bond motifs is 1. The third-order valence-corrected chi connectivity index (χ3v) is 8.40. The van der Waals surface area contributed by atoms with Gasteiger partial charge in [-0.25, -0.2) is 9.59 Å². The minimum absolute atomic E-state index is 0.0334. The van der Waals surface area contributed by atoms with Crippen LogP contribution < -0.4 is 14.8 Å². The van der Waals surface area contributed by atoms with Gasteiger partial charge in [0.25, 0.3) is 0 Å². The van der Waals surface area contributed by atoms with E-state index in [-0.39, 0.29) is 29.2 Å². The SMILES string of the molecule is COC1=CC=CC(C(=O)Oc2ccc(-c3ccc4c(c3COC(=O)c3ccc(C)s3)C(C)=CC(C)(C)N4)c(OC)c2)C1=C=O. The smallest absolute Gasteiger partial charge is 0.348 e. The van der Waals surface area contributed by atoms with Gasteiger partial charge in [-0.3, -0.25) is 4.79 Å². The molecule has 0 saturated heterocycles. The van der Waals surface area contributed by atoms with E-state index < -0.39 is 17.9 Å². The molecule has 3 aromatic rings. The average molecular weight is 612 g/mol. The summed E-state index contributed by atoms with van der Waals surface area (Å²) in [5.74, 6) is 0.737. The van der Waals surface area contributed by atoms with Crippen molar-refractivity contribution < 1.29 is 33.3 Å². The minimum Gasteiger partial charge on any atom is -0.496 e. The van der Waals surface area contributed by atoms with E-state index in [1.54, 1.807) is 48.4 Å². The van der Waals surface area contributed by atoms with Gasteiger partial charge in [0.2, 0.25) is 0 Å². The van der Waals surface area contributed by atoms with Crippen LogP contribution in [0.25, 0.3) is 16.7 Å². The molecule has 0 spiro atoms. The van der Waals surface area contributed by atoms with Gasteiger partial charge in [0.05, 0.1) is 25.3 Å². The van der Waals surface area contributed by atoms with Crippen molar-refractivity contribution in [1.29, 1.82) is 0 Å². The molecule has 2 heterocycles. The quantitative estimate of drug-likeness (QED) is 0.164. The fourth-order valence-corrected chi connectivity index (χ4v) is 6.33. The molecular weight excluding hydrogens is 578 g/mol. The maximum atomic E-state index is 13.1. The normalized spacial score (nSPS) is 16.5. The number of rotatable bonds is 8. The number of benzene rings is 2. The van der Waals surface area contributed by atoms with Crippen LogP contribution in [0.3, 0.4) is 0 Å². The number of ether oxygens (including phenoxy) is 4. The van der Waals surface area contributed by atoms with E-state index >= 15 is 0 Å². The standard InChI is InChI=1S/C35H33NO7S/c1-20-17-35(3,4)36-28-14-13-23(27(32(20)28)19-42-34(39)31-15-10-21(2)44-31)24-12-11-22(16-30(24)41-6)43-33(38)25-8-7-9-29(40-5)26(25)18-37/h7-17,25,36H,19H2,1-6H3. The molecule has 44 heavy (non-hydrogen) atoms. The number of hydrogen-bond acceptors (Lipinski definition) is 9. The van der Waals surface area contributed by atoms with Crippen LogP contribution in [0.15, 0.2) is 78.1 Å². The van der Waals surface area contributed by atoms with Crippen LogP contribution in [-0.4, -0.2) is 37.6 Å². The number of carbonyl (C=O) groups is 2. The van der Waals surface area contributed by atoms with Crippen molar-refractivity contribution in [2.24, 2.45) is 5.92 Å². The summed E-state index contributed by atoms with van der Waals surface area (Å²) >= 11 is 1.39. The minimum atomic E-state index is -0.960. The van der Waals surface area contributed by atoms with Crippen LogP contribution >= 0.6 is 11.3 Å². The largest absolute Gasteiger partial charge is 0.496 e. The van der Waals surface area contributed by atoms with E-state index in [1.165, 1.54) is 25.6 Å². The van der Waals surface area contributed by atoms with E-state index in [9.17, 15) is 14.4 Å². The van der Waals surface area contributed by atoms with Crippen LogP contribution in [0.4, 0.5) is 5.69 Å². The number of esters is 2. The summed E-state index contributed by atoms with van der Waals surface area (Å²) in [7, 11) is 2.95. The summed E-state index contributed by atoms with van der Waals surface area (Å²) < 4.78 is 22.5. The molecule has 0 fully saturated rings. The first-order valence-electron chi connectivity index (χ1n) is 14.0. The molecule has 1 aliphatic carbocycles. The van der Waals surface area contributed by atoms with Crippen LogP contribution in [0.2, 0.25) is 0 Å². The molecule has 0 bridgehead atoms. The third-order valence-electron chi connectivity index (χ3n) is 7.42. The zero-order valence-corrected chi connectivity index (χ0v) is 26.2. The Morgan fingerprint density at radius 1 is 1.02 bits per heavy atom. The van der Waals surface area contributed by atoms with Gasteiger partial charge in [-0.2, -0.15) is 0 Å². The molecule has 8 nitrogen and oxygen atoms in total. The molecule has 0 amide bonds. The monoisotopic (exact) mass is 611 g/mol. The second-order valence-electron chi connectivity index (χ2n) is 11.1. The number of nitrogens with one attached hydrogen (secondary N) is 1. The Kier molecular flexibility index (Phi) is 8.63. The van der Waals surface area contributed by atoms with E-state index in [2.05, 4.69) is 25.2 Å². The summed E-state index contributed by atoms with van der Waals surface area (Å²) in [6.07, 6.45) is 6.93. The van der Waals surface area contributed by atoms with Crippen LogP contribution in [0.5, 0.6) is 11.5 Å². The van der Waals surface area contributed by atoms with Crippen molar-refractivity contribution in [3.05, 3.63) is 99.0 Å². The molecule has 1 aromatic heterocycles. The lowest BCUT2D eigenvalue weighted by Gasteiger charge is -2.33. The van der Waals surface area contributed by atoms with Crippen LogP contribution in [-0.2, 0) is 25.7 Å². The molecule has 1 N–H and O–H groups in total. The predicted octanol–water partition coefficient (Wildman–Crippen LogP) is 7.08. The highest BCUT2D eigenvalue weighted by molar-refractivity contribution is 7.13. The maximum Gasteiger partial charge on any atom is 0.348 e. The maximum absolute atomic E-state index is 13.1. The molecule has 1 aliphatic heterocycles. The Labute approximate surface area is 260 Å².